The average molecular weight is 195 g/mol. The summed E-state index contributed by atoms with van der Waals surface area (Å²) in [6, 6.07) is 0. The third-order valence-corrected chi connectivity index (χ3v) is 2.66. The van der Waals surface area contributed by atoms with Crippen molar-refractivity contribution in [2.75, 3.05) is 13.6 Å². The Bertz CT molecular complexity index is 472. The number of hydrogen-bond donors (Lipinski definition) is 1. The molecule has 1 N–H and O–H groups in total. The van der Waals surface area contributed by atoms with E-state index in [0.29, 0.717) is 6.54 Å². The molecule has 0 atom stereocenters. The van der Waals surface area contributed by atoms with Crippen molar-refractivity contribution in [1.29, 1.82) is 0 Å². The average Bonchev–Trinajstić information content (AvgIpc) is 2.16. The zero-order valence-corrected chi connectivity index (χ0v) is 8.33. The molecule has 1 aromatic rings. The molecule has 0 saturated heterocycles. The van der Waals surface area contributed by atoms with E-state index in [0.717, 1.165) is 28.8 Å². The van der Waals surface area contributed by atoms with Crippen LogP contribution in [0.15, 0.2) is 9.59 Å². The van der Waals surface area contributed by atoms with E-state index in [2.05, 4.69) is 9.88 Å². The molecule has 5 nitrogen and oxygen atoms in total. The summed E-state index contributed by atoms with van der Waals surface area (Å²) in [7, 11) is 3.46. The van der Waals surface area contributed by atoms with Crippen molar-refractivity contribution in [2.45, 2.75) is 13.0 Å². The maximum absolute atomic E-state index is 11.7. The SMILES string of the molecule is CN1CCc2[nH]c(=O)n(C)c(=O)c2C1. The Morgan fingerprint density at radius 3 is 2.71 bits per heavy atom. The Hall–Kier alpha value is -1.36. The summed E-state index contributed by atoms with van der Waals surface area (Å²) in [5, 5.41) is 0. The van der Waals surface area contributed by atoms with Gasteiger partial charge in [0.2, 0.25) is 0 Å². The highest BCUT2D eigenvalue weighted by Gasteiger charge is 2.18. The van der Waals surface area contributed by atoms with E-state index in [1.807, 2.05) is 7.05 Å². The van der Waals surface area contributed by atoms with E-state index in [1.54, 1.807) is 0 Å². The highest BCUT2D eigenvalue weighted by Crippen LogP contribution is 2.09. The van der Waals surface area contributed by atoms with Crippen molar-refractivity contribution < 1.29 is 0 Å². The number of H-pyrrole nitrogens is 1. The summed E-state index contributed by atoms with van der Waals surface area (Å²) in [5.41, 5.74) is 1.03. The number of nitrogens with one attached hydrogen (secondary N) is 1. The van der Waals surface area contributed by atoms with Crippen LogP contribution in [0.1, 0.15) is 11.3 Å². The minimum absolute atomic E-state index is 0.171. The van der Waals surface area contributed by atoms with E-state index < -0.39 is 0 Å². The molecule has 0 saturated carbocycles. The van der Waals surface area contributed by atoms with Crippen molar-refractivity contribution in [3.8, 4) is 0 Å². The molecule has 2 rings (SSSR count). The number of likely N-dealkylation sites (N-methyl/N-ethyl adjacent to an activating group) is 1. The molecule has 0 radical (unpaired) electrons. The minimum atomic E-state index is -0.321. The topological polar surface area (TPSA) is 58.1 Å². The molecule has 0 aliphatic carbocycles. The highest BCUT2D eigenvalue weighted by atomic mass is 16.2. The molecule has 0 bridgehead atoms. The third-order valence-electron chi connectivity index (χ3n) is 2.66. The summed E-state index contributed by atoms with van der Waals surface area (Å²) >= 11 is 0. The fourth-order valence-electron chi connectivity index (χ4n) is 1.74. The Balaban J connectivity index is 2.67. The van der Waals surface area contributed by atoms with Crippen LogP contribution in [0, 0.1) is 0 Å². The summed E-state index contributed by atoms with van der Waals surface area (Å²) in [5.74, 6) is 0. The summed E-state index contributed by atoms with van der Waals surface area (Å²) in [6.07, 6.45) is 0.747. The van der Waals surface area contributed by atoms with Crippen molar-refractivity contribution in [3.05, 3.63) is 32.1 Å². The van der Waals surface area contributed by atoms with E-state index in [9.17, 15) is 9.59 Å². The molecular weight excluding hydrogens is 182 g/mol. The van der Waals surface area contributed by atoms with Gasteiger partial charge in [0, 0.05) is 32.3 Å². The quantitative estimate of drug-likeness (QED) is 0.581. The minimum Gasteiger partial charge on any atom is -0.311 e. The largest absolute Gasteiger partial charge is 0.328 e. The molecule has 0 aromatic carbocycles. The van der Waals surface area contributed by atoms with Crippen LogP contribution in [0.4, 0.5) is 0 Å². The molecule has 1 aliphatic rings. The van der Waals surface area contributed by atoms with Crippen molar-refractivity contribution in [1.82, 2.24) is 14.5 Å². The lowest BCUT2D eigenvalue weighted by Gasteiger charge is -2.23. The van der Waals surface area contributed by atoms with E-state index in [4.69, 9.17) is 0 Å². The Morgan fingerprint density at radius 2 is 2.00 bits per heavy atom. The maximum atomic E-state index is 11.7. The second-order valence-corrected chi connectivity index (χ2v) is 3.74. The van der Waals surface area contributed by atoms with Gasteiger partial charge in [0.1, 0.15) is 0 Å². The Morgan fingerprint density at radius 1 is 1.29 bits per heavy atom. The number of nitrogens with zero attached hydrogens (tertiary/aromatic N) is 2. The van der Waals surface area contributed by atoms with Crippen molar-refractivity contribution in [3.63, 3.8) is 0 Å². The number of fused-ring (bicyclic) bond motifs is 1. The lowest BCUT2D eigenvalue weighted by atomic mass is 10.1. The number of rotatable bonds is 0. The molecule has 5 heteroatoms. The van der Waals surface area contributed by atoms with Gasteiger partial charge in [-0.15, -0.1) is 0 Å². The van der Waals surface area contributed by atoms with Gasteiger partial charge in [-0.2, -0.15) is 0 Å². The molecular formula is C9H13N3O2. The van der Waals surface area contributed by atoms with Crippen LogP contribution in [0.3, 0.4) is 0 Å². The Kier molecular flexibility index (Phi) is 2.03. The van der Waals surface area contributed by atoms with Crippen LogP contribution in [0.5, 0.6) is 0 Å². The third kappa shape index (κ3) is 1.29. The lowest BCUT2D eigenvalue weighted by Crippen LogP contribution is -2.41. The van der Waals surface area contributed by atoms with Gasteiger partial charge < -0.3 is 9.88 Å². The molecule has 0 spiro atoms. The van der Waals surface area contributed by atoms with E-state index in [1.165, 1.54) is 7.05 Å². The van der Waals surface area contributed by atoms with Crippen molar-refractivity contribution in [2.24, 2.45) is 7.05 Å². The monoisotopic (exact) mass is 195 g/mol. The van der Waals surface area contributed by atoms with Crippen LogP contribution >= 0.6 is 0 Å². The lowest BCUT2D eigenvalue weighted by molar-refractivity contribution is 0.305. The maximum Gasteiger partial charge on any atom is 0.328 e. The second kappa shape index (κ2) is 3.09. The molecule has 76 valence electrons. The van der Waals surface area contributed by atoms with Gasteiger partial charge in [-0.25, -0.2) is 4.79 Å². The molecule has 0 fully saturated rings. The number of aromatic amines is 1. The normalized spacial score (nSPS) is 16.7. The zero-order chi connectivity index (χ0) is 10.3. The van der Waals surface area contributed by atoms with Gasteiger partial charge in [0.15, 0.2) is 0 Å². The van der Waals surface area contributed by atoms with Gasteiger partial charge in [0.25, 0.3) is 5.56 Å². The van der Waals surface area contributed by atoms with Crippen LogP contribution < -0.4 is 11.2 Å². The summed E-state index contributed by atoms with van der Waals surface area (Å²) in [6.45, 7) is 1.51. The first-order chi connectivity index (χ1) is 6.59. The van der Waals surface area contributed by atoms with Crippen LogP contribution in [-0.2, 0) is 20.0 Å². The molecule has 14 heavy (non-hydrogen) atoms. The fourth-order valence-corrected chi connectivity index (χ4v) is 1.74. The highest BCUT2D eigenvalue weighted by molar-refractivity contribution is 5.19. The number of aromatic nitrogens is 2. The summed E-state index contributed by atoms with van der Waals surface area (Å²) < 4.78 is 1.12. The van der Waals surface area contributed by atoms with Crippen LogP contribution in [0.25, 0.3) is 0 Å². The second-order valence-electron chi connectivity index (χ2n) is 3.74. The van der Waals surface area contributed by atoms with Crippen LogP contribution in [-0.4, -0.2) is 28.0 Å². The molecule has 1 aliphatic heterocycles. The smallest absolute Gasteiger partial charge is 0.311 e. The van der Waals surface area contributed by atoms with Crippen molar-refractivity contribution >= 4 is 0 Å². The standard InChI is InChI=1S/C9H13N3O2/c1-11-4-3-7-6(5-11)8(13)12(2)9(14)10-7/h3-5H2,1-2H3,(H,10,14). The van der Waals surface area contributed by atoms with Crippen LogP contribution in [0.2, 0.25) is 0 Å². The molecule has 2 heterocycles. The Labute approximate surface area is 81.0 Å². The molecule has 0 unspecified atom stereocenters. The number of hydrogen-bond acceptors (Lipinski definition) is 3. The van der Waals surface area contributed by atoms with E-state index >= 15 is 0 Å². The molecule has 1 aromatic heterocycles. The first-order valence-electron chi connectivity index (χ1n) is 4.59. The van der Waals surface area contributed by atoms with Gasteiger partial charge in [-0.05, 0) is 7.05 Å². The first kappa shape index (κ1) is 9.21. The fraction of sp³-hybridized carbons (Fsp3) is 0.556. The van der Waals surface area contributed by atoms with Gasteiger partial charge in [-0.1, -0.05) is 0 Å². The predicted molar refractivity (Wildman–Crippen MR) is 52.3 cm³/mol. The predicted octanol–water partition coefficient (Wildman–Crippen LogP) is -0.938. The van der Waals surface area contributed by atoms with E-state index in [-0.39, 0.29) is 11.2 Å². The van der Waals surface area contributed by atoms with Gasteiger partial charge in [0.05, 0.1) is 5.56 Å². The zero-order valence-electron chi connectivity index (χ0n) is 8.33. The van der Waals surface area contributed by atoms with Gasteiger partial charge in [-0.3, -0.25) is 9.36 Å². The summed E-state index contributed by atoms with van der Waals surface area (Å²) in [4.78, 5) is 27.8. The first-order valence-corrected chi connectivity index (χ1v) is 4.59. The molecule has 0 amide bonds. The van der Waals surface area contributed by atoms with Gasteiger partial charge >= 0.3 is 5.69 Å².